The molecule has 1 N–H and O–H groups in total. The molecular formula is C18H17ClFNO3S. The molecule has 1 aromatic carbocycles. The van der Waals surface area contributed by atoms with Crippen LogP contribution in [0.15, 0.2) is 24.3 Å². The Morgan fingerprint density at radius 2 is 2.00 bits per heavy atom. The predicted octanol–water partition coefficient (Wildman–Crippen LogP) is 4.61. The number of carbonyl (C=O) groups excluding carboxylic acids is 2. The van der Waals surface area contributed by atoms with Gasteiger partial charge in [0.25, 0.3) is 5.91 Å². The summed E-state index contributed by atoms with van der Waals surface area (Å²) < 4.78 is 18.2. The minimum absolute atomic E-state index is 0.0881. The van der Waals surface area contributed by atoms with Crippen molar-refractivity contribution in [1.82, 2.24) is 0 Å². The Morgan fingerprint density at radius 1 is 1.20 bits per heavy atom. The number of hydrogen-bond donors (Lipinski definition) is 1. The summed E-state index contributed by atoms with van der Waals surface area (Å²) >= 11 is 7.11. The van der Waals surface area contributed by atoms with Gasteiger partial charge in [0.2, 0.25) is 0 Å². The lowest BCUT2D eigenvalue weighted by molar-refractivity contribution is -0.119. The van der Waals surface area contributed by atoms with E-state index in [2.05, 4.69) is 5.32 Å². The van der Waals surface area contributed by atoms with Crippen LogP contribution in [0, 0.1) is 5.82 Å². The molecule has 0 saturated carbocycles. The highest BCUT2D eigenvalue weighted by Crippen LogP contribution is 2.29. The van der Waals surface area contributed by atoms with Crippen molar-refractivity contribution in [3.05, 3.63) is 50.4 Å². The van der Waals surface area contributed by atoms with Crippen LogP contribution >= 0.6 is 22.9 Å². The van der Waals surface area contributed by atoms with Crippen LogP contribution in [-0.4, -0.2) is 18.5 Å². The van der Waals surface area contributed by atoms with E-state index in [4.69, 9.17) is 16.3 Å². The molecule has 132 valence electrons. The Kier molecular flexibility index (Phi) is 5.71. The number of amides is 1. The number of hydrogen-bond acceptors (Lipinski definition) is 4. The Morgan fingerprint density at radius 3 is 2.80 bits per heavy atom. The van der Waals surface area contributed by atoms with E-state index in [0.717, 1.165) is 31.7 Å². The van der Waals surface area contributed by atoms with E-state index in [1.165, 1.54) is 40.3 Å². The van der Waals surface area contributed by atoms with Gasteiger partial charge in [0.05, 0.1) is 5.02 Å². The normalized spacial score (nSPS) is 13.7. The number of fused-ring (bicyclic) bond motifs is 1. The fourth-order valence-corrected chi connectivity index (χ4v) is 4.07. The van der Waals surface area contributed by atoms with Crippen molar-refractivity contribution in [2.75, 3.05) is 11.9 Å². The van der Waals surface area contributed by atoms with Crippen molar-refractivity contribution in [1.29, 1.82) is 0 Å². The lowest BCUT2D eigenvalue weighted by atomic mass is 10.1. The van der Waals surface area contributed by atoms with E-state index >= 15 is 0 Å². The van der Waals surface area contributed by atoms with E-state index < -0.39 is 24.3 Å². The second-order valence-corrected chi connectivity index (χ2v) is 7.42. The maximum Gasteiger partial charge on any atom is 0.348 e. The molecule has 0 spiro atoms. The van der Waals surface area contributed by atoms with Gasteiger partial charge in [-0.25, -0.2) is 9.18 Å². The highest BCUT2D eigenvalue weighted by Gasteiger charge is 2.18. The maximum absolute atomic E-state index is 13.1. The number of aryl methyl sites for hydroxylation is 2. The first kappa shape index (κ1) is 17.9. The molecule has 7 heteroatoms. The van der Waals surface area contributed by atoms with Crippen molar-refractivity contribution in [3.8, 4) is 0 Å². The zero-order chi connectivity index (χ0) is 17.8. The van der Waals surface area contributed by atoms with Gasteiger partial charge in [-0.15, -0.1) is 11.3 Å². The van der Waals surface area contributed by atoms with E-state index in [1.54, 1.807) is 0 Å². The summed E-state index contributed by atoms with van der Waals surface area (Å²) in [7, 11) is 0. The molecule has 1 heterocycles. The summed E-state index contributed by atoms with van der Waals surface area (Å²) in [5.41, 5.74) is 1.56. The first-order valence-electron chi connectivity index (χ1n) is 8.06. The minimum Gasteiger partial charge on any atom is -0.451 e. The molecule has 4 nitrogen and oxygen atoms in total. The summed E-state index contributed by atoms with van der Waals surface area (Å²) in [6.07, 6.45) is 5.49. The number of halogens is 2. The molecular weight excluding hydrogens is 365 g/mol. The first-order valence-corrected chi connectivity index (χ1v) is 9.26. The van der Waals surface area contributed by atoms with Crippen LogP contribution in [0.1, 0.15) is 39.4 Å². The Hall–Kier alpha value is -1.92. The highest BCUT2D eigenvalue weighted by molar-refractivity contribution is 7.14. The van der Waals surface area contributed by atoms with Gasteiger partial charge in [-0.2, -0.15) is 0 Å². The quantitative estimate of drug-likeness (QED) is 0.621. The van der Waals surface area contributed by atoms with Gasteiger partial charge in [0, 0.05) is 10.6 Å². The molecule has 1 aromatic heterocycles. The van der Waals surface area contributed by atoms with E-state index in [-0.39, 0.29) is 5.02 Å². The maximum atomic E-state index is 13.1. The number of esters is 1. The third kappa shape index (κ3) is 4.58. The van der Waals surface area contributed by atoms with Crippen molar-refractivity contribution in [3.63, 3.8) is 0 Å². The molecule has 0 bridgehead atoms. The topological polar surface area (TPSA) is 55.4 Å². The molecule has 1 aliphatic rings. The van der Waals surface area contributed by atoms with Crippen molar-refractivity contribution >= 4 is 40.5 Å². The van der Waals surface area contributed by atoms with Crippen LogP contribution in [0.5, 0.6) is 0 Å². The molecule has 3 rings (SSSR count). The van der Waals surface area contributed by atoms with Gasteiger partial charge in [0.1, 0.15) is 10.7 Å². The number of benzene rings is 1. The van der Waals surface area contributed by atoms with E-state index in [9.17, 15) is 14.0 Å². The number of thiophene rings is 1. The molecule has 2 aromatic rings. The molecule has 0 aliphatic heterocycles. The van der Waals surface area contributed by atoms with Crippen molar-refractivity contribution < 1.29 is 18.7 Å². The molecule has 0 atom stereocenters. The van der Waals surface area contributed by atoms with Gasteiger partial charge in [-0.1, -0.05) is 18.0 Å². The second kappa shape index (κ2) is 7.97. The number of nitrogens with one attached hydrogen (secondary N) is 1. The number of ether oxygens (including phenoxy) is 1. The third-order valence-corrected chi connectivity index (χ3v) is 5.49. The Bertz CT molecular complexity index is 782. The van der Waals surface area contributed by atoms with Crippen LogP contribution < -0.4 is 5.32 Å². The predicted molar refractivity (Wildman–Crippen MR) is 95.9 cm³/mol. The van der Waals surface area contributed by atoms with Gasteiger partial charge < -0.3 is 10.1 Å². The van der Waals surface area contributed by atoms with E-state index in [0.29, 0.717) is 10.6 Å². The highest BCUT2D eigenvalue weighted by atomic mass is 35.5. The number of anilines is 1. The van der Waals surface area contributed by atoms with Gasteiger partial charge >= 0.3 is 5.97 Å². The molecule has 0 saturated heterocycles. The molecule has 1 amide bonds. The Balaban J connectivity index is 1.55. The summed E-state index contributed by atoms with van der Waals surface area (Å²) in [6.45, 7) is -0.406. The van der Waals surface area contributed by atoms with Gasteiger partial charge in [0.15, 0.2) is 6.61 Å². The lowest BCUT2D eigenvalue weighted by Crippen LogP contribution is -2.20. The standard InChI is InChI=1S/C18H17ClFNO3S/c19-13-9-12(6-7-14(13)20)21-17(22)10-24-18(23)16-8-11-4-2-1-3-5-15(11)25-16/h6-9H,1-5,10H2,(H,21,22). The average molecular weight is 382 g/mol. The fraction of sp³-hybridized carbons (Fsp3) is 0.333. The fourth-order valence-electron chi connectivity index (χ4n) is 2.74. The largest absolute Gasteiger partial charge is 0.451 e. The van der Waals surface area contributed by atoms with Crippen LogP contribution in [0.3, 0.4) is 0 Å². The summed E-state index contributed by atoms with van der Waals surface area (Å²) in [5, 5.41) is 2.42. The van der Waals surface area contributed by atoms with Crippen molar-refractivity contribution in [2.24, 2.45) is 0 Å². The summed E-state index contributed by atoms with van der Waals surface area (Å²) in [6, 6.07) is 5.72. The van der Waals surface area contributed by atoms with E-state index in [1.807, 2.05) is 6.07 Å². The monoisotopic (exact) mass is 381 g/mol. The molecule has 1 aliphatic carbocycles. The minimum atomic E-state index is -0.566. The first-order chi connectivity index (χ1) is 12.0. The molecule has 25 heavy (non-hydrogen) atoms. The zero-order valence-electron chi connectivity index (χ0n) is 13.4. The molecule has 0 unspecified atom stereocenters. The van der Waals surface area contributed by atoms with Crippen LogP contribution in [0.4, 0.5) is 10.1 Å². The average Bonchev–Trinajstić information content (AvgIpc) is 2.87. The summed E-state index contributed by atoms with van der Waals surface area (Å²) in [4.78, 5) is 25.8. The van der Waals surface area contributed by atoms with Crippen molar-refractivity contribution in [2.45, 2.75) is 32.1 Å². The van der Waals surface area contributed by atoms with Crippen LogP contribution in [-0.2, 0) is 22.4 Å². The lowest BCUT2D eigenvalue weighted by Gasteiger charge is -2.06. The molecule has 0 radical (unpaired) electrons. The van der Waals surface area contributed by atoms with Gasteiger partial charge in [-0.05, 0) is 55.5 Å². The zero-order valence-corrected chi connectivity index (χ0v) is 15.0. The molecule has 0 fully saturated rings. The van der Waals surface area contributed by atoms with Crippen LogP contribution in [0.2, 0.25) is 5.02 Å². The third-order valence-electron chi connectivity index (χ3n) is 3.99. The van der Waals surface area contributed by atoms with Crippen LogP contribution in [0.25, 0.3) is 0 Å². The Labute approximate surface area is 153 Å². The second-order valence-electron chi connectivity index (χ2n) is 5.87. The smallest absolute Gasteiger partial charge is 0.348 e. The van der Waals surface area contributed by atoms with Gasteiger partial charge in [-0.3, -0.25) is 4.79 Å². The number of carbonyl (C=O) groups is 2. The number of rotatable bonds is 4. The summed E-state index contributed by atoms with van der Waals surface area (Å²) in [5.74, 6) is -1.57. The SMILES string of the molecule is O=C(COC(=O)c1cc2c(s1)CCCCC2)Nc1ccc(F)c(Cl)c1.